The molecule has 1 amide bonds. The van der Waals surface area contributed by atoms with Crippen molar-refractivity contribution in [3.05, 3.63) is 50.6 Å². The topological polar surface area (TPSA) is 51.5 Å². The second kappa shape index (κ2) is 7.87. The number of ether oxygens (including phenoxy) is 1. The first-order chi connectivity index (χ1) is 12.1. The Balaban J connectivity index is 1.84. The van der Waals surface area contributed by atoms with E-state index in [0.29, 0.717) is 0 Å². The summed E-state index contributed by atoms with van der Waals surface area (Å²) in [6, 6.07) is 8.02. The fourth-order valence-corrected chi connectivity index (χ4v) is 4.14. The number of aromatic nitrogens is 1. The molecule has 1 fully saturated rings. The summed E-state index contributed by atoms with van der Waals surface area (Å²) in [7, 11) is 1.65. The van der Waals surface area contributed by atoms with Gasteiger partial charge in [0.2, 0.25) is 5.91 Å². The summed E-state index contributed by atoms with van der Waals surface area (Å²) in [5, 5.41) is 1.80. The highest BCUT2D eigenvalue weighted by Gasteiger charge is 2.27. The molecule has 1 aliphatic rings. The van der Waals surface area contributed by atoms with Crippen molar-refractivity contribution in [2.24, 2.45) is 0 Å². The lowest BCUT2D eigenvalue weighted by molar-refractivity contribution is -0.134. The molecule has 1 aromatic carbocycles. The van der Waals surface area contributed by atoms with E-state index in [-0.39, 0.29) is 23.4 Å². The van der Waals surface area contributed by atoms with E-state index in [1.807, 2.05) is 36.1 Å². The Hall–Kier alpha value is -2.08. The van der Waals surface area contributed by atoms with E-state index in [9.17, 15) is 9.59 Å². The third-order valence-electron chi connectivity index (χ3n) is 4.84. The Morgan fingerprint density at radius 3 is 2.64 bits per heavy atom. The van der Waals surface area contributed by atoms with Crippen LogP contribution in [0.5, 0.6) is 5.75 Å². The monoisotopic (exact) mass is 360 g/mol. The molecule has 6 heteroatoms. The normalized spacial score (nSPS) is 18.0. The summed E-state index contributed by atoms with van der Waals surface area (Å²) < 4.78 is 6.81. The lowest BCUT2D eigenvalue weighted by Gasteiger charge is -2.31. The average Bonchev–Trinajstić information content (AvgIpc) is 2.83. The van der Waals surface area contributed by atoms with Crippen molar-refractivity contribution in [1.82, 2.24) is 9.47 Å². The molecular formula is C19H24N2O3S. The molecule has 2 aromatic rings. The molecule has 3 rings (SSSR count). The fraction of sp³-hybridized carbons (Fsp3) is 0.474. The molecule has 0 aliphatic carbocycles. The van der Waals surface area contributed by atoms with Crippen molar-refractivity contribution in [3.63, 3.8) is 0 Å². The van der Waals surface area contributed by atoms with Crippen molar-refractivity contribution < 1.29 is 9.53 Å². The summed E-state index contributed by atoms with van der Waals surface area (Å²) in [5.74, 6) is 0.835. The maximum atomic E-state index is 13.0. The molecule has 1 aromatic heterocycles. The standard InChI is InChI=1S/C19H24N2O3S/c1-14-13-25-19(23)21(14)12-18(22)20-11-5-3-4-6-17(20)15-7-9-16(24-2)10-8-15/h7-10,13,17H,3-6,11-12H2,1-2H3. The van der Waals surface area contributed by atoms with Gasteiger partial charge in [-0.15, -0.1) is 0 Å². The molecule has 0 radical (unpaired) electrons. The highest BCUT2D eigenvalue weighted by atomic mass is 32.1. The minimum absolute atomic E-state index is 0.0197. The Bertz CT molecular complexity index is 779. The Morgan fingerprint density at radius 1 is 1.24 bits per heavy atom. The van der Waals surface area contributed by atoms with Crippen molar-refractivity contribution in [1.29, 1.82) is 0 Å². The van der Waals surface area contributed by atoms with Crippen LogP contribution < -0.4 is 9.61 Å². The van der Waals surface area contributed by atoms with Gasteiger partial charge in [-0.2, -0.15) is 0 Å². The van der Waals surface area contributed by atoms with Crippen LogP contribution in [0.25, 0.3) is 0 Å². The first kappa shape index (κ1) is 17.7. The van der Waals surface area contributed by atoms with E-state index in [0.717, 1.165) is 60.6 Å². The molecule has 1 aliphatic heterocycles. The zero-order valence-corrected chi connectivity index (χ0v) is 15.6. The van der Waals surface area contributed by atoms with Gasteiger partial charge in [0.1, 0.15) is 12.3 Å². The first-order valence-electron chi connectivity index (χ1n) is 8.68. The lowest BCUT2D eigenvalue weighted by atomic mass is 10.0. The van der Waals surface area contributed by atoms with Crippen molar-refractivity contribution >= 4 is 17.2 Å². The van der Waals surface area contributed by atoms with Crippen LogP contribution in [0.3, 0.4) is 0 Å². The molecule has 1 unspecified atom stereocenters. The molecule has 2 heterocycles. The van der Waals surface area contributed by atoms with E-state index in [1.54, 1.807) is 17.1 Å². The van der Waals surface area contributed by atoms with Crippen molar-refractivity contribution in [2.45, 2.75) is 45.2 Å². The minimum Gasteiger partial charge on any atom is -0.497 e. The van der Waals surface area contributed by atoms with E-state index in [1.165, 1.54) is 0 Å². The Labute approximate surface area is 151 Å². The van der Waals surface area contributed by atoms with E-state index < -0.39 is 0 Å². The van der Waals surface area contributed by atoms with Gasteiger partial charge < -0.3 is 9.64 Å². The van der Waals surface area contributed by atoms with Crippen LogP contribution in [0.1, 0.15) is 43.0 Å². The van der Waals surface area contributed by atoms with Crippen LogP contribution >= 0.6 is 11.3 Å². The van der Waals surface area contributed by atoms with Gasteiger partial charge >= 0.3 is 4.87 Å². The van der Waals surface area contributed by atoms with Gasteiger partial charge in [0, 0.05) is 17.6 Å². The highest BCUT2D eigenvalue weighted by Crippen LogP contribution is 2.31. The lowest BCUT2D eigenvalue weighted by Crippen LogP contribution is -2.38. The van der Waals surface area contributed by atoms with Crippen LogP contribution in [0.4, 0.5) is 0 Å². The summed E-state index contributed by atoms with van der Waals surface area (Å²) in [6.07, 6.45) is 4.21. The number of amides is 1. The predicted molar refractivity (Wildman–Crippen MR) is 99.2 cm³/mol. The second-order valence-electron chi connectivity index (χ2n) is 6.45. The van der Waals surface area contributed by atoms with Crippen LogP contribution in [0.2, 0.25) is 0 Å². The molecule has 0 bridgehead atoms. The predicted octanol–water partition coefficient (Wildman–Crippen LogP) is 3.37. The number of hydrogen-bond donors (Lipinski definition) is 0. The van der Waals surface area contributed by atoms with Crippen LogP contribution in [0.15, 0.2) is 34.4 Å². The fourth-order valence-electron chi connectivity index (χ4n) is 3.40. The van der Waals surface area contributed by atoms with Crippen LogP contribution in [-0.4, -0.2) is 29.0 Å². The second-order valence-corrected chi connectivity index (χ2v) is 7.28. The molecule has 0 saturated carbocycles. The van der Waals surface area contributed by atoms with E-state index in [2.05, 4.69) is 0 Å². The van der Waals surface area contributed by atoms with Crippen LogP contribution in [0, 0.1) is 6.92 Å². The zero-order valence-electron chi connectivity index (χ0n) is 14.7. The molecule has 5 nitrogen and oxygen atoms in total. The number of nitrogens with zero attached hydrogens (tertiary/aromatic N) is 2. The first-order valence-corrected chi connectivity index (χ1v) is 9.56. The third kappa shape index (κ3) is 3.95. The molecule has 1 saturated heterocycles. The summed E-state index contributed by atoms with van der Waals surface area (Å²) in [5.41, 5.74) is 1.98. The highest BCUT2D eigenvalue weighted by molar-refractivity contribution is 7.07. The van der Waals surface area contributed by atoms with Gasteiger partial charge in [-0.3, -0.25) is 14.2 Å². The van der Waals surface area contributed by atoms with Crippen molar-refractivity contribution in [2.75, 3.05) is 13.7 Å². The maximum Gasteiger partial charge on any atom is 0.307 e. The molecule has 0 spiro atoms. The Morgan fingerprint density at radius 2 is 2.00 bits per heavy atom. The number of carbonyl (C=O) groups excluding carboxylic acids is 1. The van der Waals surface area contributed by atoms with Gasteiger partial charge in [-0.25, -0.2) is 0 Å². The minimum atomic E-state index is -0.0679. The summed E-state index contributed by atoms with van der Waals surface area (Å²) in [6.45, 7) is 2.74. The van der Waals surface area contributed by atoms with E-state index in [4.69, 9.17) is 4.74 Å². The Kier molecular flexibility index (Phi) is 5.58. The molecule has 0 N–H and O–H groups in total. The number of rotatable bonds is 4. The summed E-state index contributed by atoms with van der Waals surface area (Å²) in [4.78, 5) is 26.8. The number of carbonyl (C=O) groups is 1. The number of thiazole rings is 1. The van der Waals surface area contributed by atoms with Crippen LogP contribution in [-0.2, 0) is 11.3 Å². The number of methoxy groups -OCH3 is 1. The van der Waals surface area contributed by atoms with Gasteiger partial charge in [0.05, 0.1) is 13.2 Å². The molecule has 1 atom stereocenters. The third-order valence-corrected chi connectivity index (χ3v) is 5.72. The van der Waals surface area contributed by atoms with Crippen molar-refractivity contribution in [3.8, 4) is 5.75 Å². The van der Waals surface area contributed by atoms with Gasteiger partial charge in [0.15, 0.2) is 0 Å². The number of aryl methyl sites for hydroxylation is 1. The zero-order chi connectivity index (χ0) is 17.8. The number of hydrogen-bond acceptors (Lipinski definition) is 4. The molecular weight excluding hydrogens is 336 g/mol. The molecule has 25 heavy (non-hydrogen) atoms. The van der Waals surface area contributed by atoms with Gasteiger partial charge in [-0.05, 0) is 37.5 Å². The van der Waals surface area contributed by atoms with Gasteiger partial charge in [0.25, 0.3) is 0 Å². The number of likely N-dealkylation sites (tertiary alicyclic amines) is 1. The quantitative estimate of drug-likeness (QED) is 0.840. The molecule has 134 valence electrons. The van der Waals surface area contributed by atoms with Gasteiger partial charge in [-0.1, -0.05) is 36.3 Å². The van der Waals surface area contributed by atoms with E-state index >= 15 is 0 Å². The summed E-state index contributed by atoms with van der Waals surface area (Å²) >= 11 is 1.15. The largest absolute Gasteiger partial charge is 0.497 e. The SMILES string of the molecule is COc1ccc(C2CCCCCN2C(=O)Cn2c(C)csc2=O)cc1. The maximum absolute atomic E-state index is 13.0. The average molecular weight is 360 g/mol. The number of benzene rings is 1. The smallest absolute Gasteiger partial charge is 0.307 e.